The van der Waals surface area contributed by atoms with E-state index >= 15 is 0 Å². The number of nitrogens with one attached hydrogen (secondary N) is 3. The van der Waals surface area contributed by atoms with Gasteiger partial charge in [0.1, 0.15) is 6.54 Å². The van der Waals surface area contributed by atoms with Gasteiger partial charge < -0.3 is 16.0 Å². The molecule has 0 aliphatic heterocycles. The van der Waals surface area contributed by atoms with E-state index in [9.17, 15) is 27.6 Å². The van der Waals surface area contributed by atoms with E-state index < -0.39 is 18.6 Å². The number of aryl methyl sites for hydroxylation is 1. The molecule has 0 bridgehead atoms. The van der Waals surface area contributed by atoms with E-state index in [1.54, 1.807) is 35.8 Å². The average Bonchev–Trinajstić information content (AvgIpc) is 3.19. The lowest BCUT2D eigenvalue weighted by atomic mass is 10.1. The summed E-state index contributed by atoms with van der Waals surface area (Å²) in [6, 6.07) is 7.73. The van der Waals surface area contributed by atoms with E-state index in [0.29, 0.717) is 29.1 Å². The Morgan fingerprint density at radius 2 is 1.83 bits per heavy atom. The number of benzene rings is 1. The highest BCUT2D eigenvalue weighted by Gasteiger charge is 2.28. The molecule has 0 radical (unpaired) electrons. The lowest BCUT2D eigenvalue weighted by Gasteiger charge is -2.12. The predicted molar refractivity (Wildman–Crippen MR) is 104 cm³/mol. The van der Waals surface area contributed by atoms with Crippen molar-refractivity contribution in [3.63, 3.8) is 0 Å². The minimum absolute atomic E-state index is 0.0124. The van der Waals surface area contributed by atoms with Gasteiger partial charge in [0.2, 0.25) is 5.91 Å². The first-order chi connectivity index (χ1) is 13.7. The van der Waals surface area contributed by atoms with Crippen molar-refractivity contribution in [1.82, 2.24) is 10.6 Å². The Balaban J connectivity index is 1.83. The maximum absolute atomic E-state index is 12.2. The Morgan fingerprint density at radius 1 is 1.07 bits per heavy atom. The third-order valence-corrected chi connectivity index (χ3v) is 4.70. The Bertz CT molecular complexity index is 867. The zero-order chi connectivity index (χ0) is 21.4. The first-order valence-corrected chi connectivity index (χ1v) is 9.61. The van der Waals surface area contributed by atoms with Gasteiger partial charge in [-0.1, -0.05) is 12.1 Å². The van der Waals surface area contributed by atoms with Gasteiger partial charge in [-0.2, -0.15) is 13.2 Å². The number of thiophene rings is 1. The van der Waals surface area contributed by atoms with Crippen molar-refractivity contribution in [1.29, 1.82) is 0 Å². The van der Waals surface area contributed by atoms with Gasteiger partial charge in [0.05, 0.1) is 4.88 Å². The molecule has 0 aliphatic rings. The van der Waals surface area contributed by atoms with E-state index in [4.69, 9.17) is 0 Å². The van der Waals surface area contributed by atoms with Crippen molar-refractivity contribution >= 4 is 34.7 Å². The van der Waals surface area contributed by atoms with Crippen molar-refractivity contribution in [2.75, 3.05) is 18.4 Å². The maximum Gasteiger partial charge on any atom is 0.405 e. The van der Waals surface area contributed by atoms with Gasteiger partial charge in [-0.25, -0.2) is 0 Å². The predicted octanol–water partition coefficient (Wildman–Crippen LogP) is 3.50. The summed E-state index contributed by atoms with van der Waals surface area (Å²) in [7, 11) is 0. The zero-order valence-corrected chi connectivity index (χ0v) is 16.4. The monoisotopic (exact) mass is 427 g/mol. The van der Waals surface area contributed by atoms with E-state index in [0.717, 1.165) is 0 Å². The topological polar surface area (TPSA) is 87.3 Å². The molecule has 1 heterocycles. The van der Waals surface area contributed by atoms with Gasteiger partial charge in [0, 0.05) is 24.2 Å². The molecule has 0 saturated carbocycles. The number of halogens is 3. The summed E-state index contributed by atoms with van der Waals surface area (Å²) in [6.45, 7) is 0.593. The second-order valence-corrected chi connectivity index (χ2v) is 7.16. The minimum Gasteiger partial charge on any atom is -0.351 e. The average molecular weight is 427 g/mol. The molecule has 6 nitrogen and oxygen atoms in total. The molecule has 0 unspecified atom stereocenters. The minimum atomic E-state index is -4.50. The summed E-state index contributed by atoms with van der Waals surface area (Å²) in [6.07, 6.45) is -3.96. The van der Waals surface area contributed by atoms with Crippen LogP contribution in [0.4, 0.5) is 18.9 Å². The molecule has 0 spiro atoms. The first kappa shape index (κ1) is 22.4. The Kier molecular flexibility index (Phi) is 7.77. The highest BCUT2D eigenvalue weighted by molar-refractivity contribution is 7.12. The SMILES string of the molecule is Cc1ccc(C(=O)NCC(F)(F)F)cc1NC(=O)CCCNC(=O)c1cccs1. The number of hydrogen-bond acceptors (Lipinski definition) is 4. The number of hydrogen-bond donors (Lipinski definition) is 3. The van der Waals surface area contributed by atoms with Crippen LogP contribution in [0, 0.1) is 6.92 Å². The fraction of sp³-hybridized carbons (Fsp3) is 0.316. The van der Waals surface area contributed by atoms with Crippen LogP contribution >= 0.6 is 11.3 Å². The van der Waals surface area contributed by atoms with Gasteiger partial charge in [0.15, 0.2) is 0 Å². The van der Waals surface area contributed by atoms with Crippen molar-refractivity contribution in [2.24, 2.45) is 0 Å². The molecular weight excluding hydrogens is 407 g/mol. The van der Waals surface area contributed by atoms with E-state index in [1.165, 1.54) is 23.5 Å². The zero-order valence-electron chi connectivity index (χ0n) is 15.6. The molecule has 2 aromatic rings. The summed E-state index contributed by atoms with van der Waals surface area (Å²) in [5.74, 6) is -1.41. The fourth-order valence-corrected chi connectivity index (χ4v) is 2.98. The molecule has 10 heteroatoms. The summed E-state index contributed by atoms with van der Waals surface area (Å²) in [4.78, 5) is 36.3. The van der Waals surface area contributed by atoms with Gasteiger partial charge in [-0.05, 0) is 42.5 Å². The molecule has 3 N–H and O–H groups in total. The number of rotatable bonds is 8. The van der Waals surface area contributed by atoms with Gasteiger partial charge in [-0.3, -0.25) is 14.4 Å². The summed E-state index contributed by atoms with van der Waals surface area (Å²) in [5.41, 5.74) is 1.02. The largest absolute Gasteiger partial charge is 0.405 e. The molecule has 156 valence electrons. The van der Waals surface area contributed by atoms with E-state index in [2.05, 4.69) is 10.6 Å². The Labute approximate surface area is 169 Å². The molecule has 0 atom stereocenters. The van der Waals surface area contributed by atoms with Crippen LogP contribution in [0.3, 0.4) is 0 Å². The van der Waals surface area contributed by atoms with Crippen LogP contribution in [0.25, 0.3) is 0 Å². The smallest absolute Gasteiger partial charge is 0.351 e. The van der Waals surface area contributed by atoms with Gasteiger partial charge in [-0.15, -0.1) is 11.3 Å². The highest BCUT2D eigenvalue weighted by Crippen LogP contribution is 2.18. The summed E-state index contributed by atoms with van der Waals surface area (Å²) in [5, 5.41) is 8.94. The third kappa shape index (κ3) is 7.57. The maximum atomic E-state index is 12.2. The van der Waals surface area contributed by atoms with Crippen molar-refractivity contribution in [3.05, 3.63) is 51.7 Å². The van der Waals surface area contributed by atoms with Crippen LogP contribution in [0.1, 0.15) is 38.4 Å². The molecule has 2 rings (SSSR count). The number of alkyl halides is 3. The number of carbonyl (C=O) groups excluding carboxylic acids is 3. The molecule has 3 amide bonds. The van der Waals surface area contributed by atoms with Crippen LogP contribution in [0.5, 0.6) is 0 Å². The first-order valence-electron chi connectivity index (χ1n) is 8.73. The van der Waals surface area contributed by atoms with Gasteiger partial charge >= 0.3 is 6.18 Å². The van der Waals surface area contributed by atoms with Crippen LogP contribution in [0.15, 0.2) is 35.7 Å². The van der Waals surface area contributed by atoms with Crippen LogP contribution < -0.4 is 16.0 Å². The van der Waals surface area contributed by atoms with E-state index in [1.807, 2.05) is 0 Å². The van der Waals surface area contributed by atoms with Gasteiger partial charge in [0.25, 0.3) is 11.8 Å². The fourth-order valence-electron chi connectivity index (χ4n) is 2.34. The third-order valence-electron chi connectivity index (χ3n) is 3.83. The van der Waals surface area contributed by atoms with Crippen molar-refractivity contribution < 1.29 is 27.6 Å². The highest BCUT2D eigenvalue weighted by atomic mass is 32.1. The molecular formula is C19H20F3N3O3S. The molecule has 1 aromatic carbocycles. The van der Waals surface area contributed by atoms with Crippen LogP contribution in [-0.2, 0) is 4.79 Å². The van der Waals surface area contributed by atoms with Crippen molar-refractivity contribution in [2.45, 2.75) is 25.9 Å². The number of carbonyl (C=O) groups is 3. The molecule has 0 aliphatic carbocycles. The van der Waals surface area contributed by atoms with Crippen LogP contribution in [-0.4, -0.2) is 37.0 Å². The molecule has 0 saturated heterocycles. The number of amides is 3. The summed E-state index contributed by atoms with van der Waals surface area (Å²) < 4.78 is 36.7. The normalized spacial score (nSPS) is 11.0. The molecule has 0 fully saturated rings. The molecule has 29 heavy (non-hydrogen) atoms. The summed E-state index contributed by atoms with van der Waals surface area (Å²) >= 11 is 1.32. The number of anilines is 1. The standard InChI is InChI=1S/C19H20F3N3O3S/c1-12-6-7-13(17(27)24-11-19(20,21)22)10-14(12)25-16(26)5-2-8-23-18(28)15-4-3-9-29-15/h3-4,6-7,9-10H,2,5,8,11H2,1H3,(H,23,28)(H,24,27)(H,25,26). The molecule has 1 aromatic heterocycles. The lowest BCUT2D eigenvalue weighted by Crippen LogP contribution is -2.33. The van der Waals surface area contributed by atoms with Crippen molar-refractivity contribution in [3.8, 4) is 0 Å². The van der Waals surface area contributed by atoms with E-state index in [-0.39, 0.29) is 23.8 Å². The van der Waals surface area contributed by atoms with Crippen LogP contribution in [0.2, 0.25) is 0 Å². The quantitative estimate of drug-likeness (QED) is 0.564. The lowest BCUT2D eigenvalue weighted by molar-refractivity contribution is -0.123. The Hall–Kier alpha value is -2.88. The second kappa shape index (κ2) is 10.1. The Morgan fingerprint density at radius 3 is 2.48 bits per heavy atom. The second-order valence-electron chi connectivity index (χ2n) is 6.21.